The highest BCUT2D eigenvalue weighted by Gasteiger charge is 2.09. The summed E-state index contributed by atoms with van der Waals surface area (Å²) in [4.78, 5) is 15.7. The maximum Gasteiger partial charge on any atom is 0.289 e. The molecule has 5 nitrogen and oxygen atoms in total. The number of rotatable bonds is 3. The minimum absolute atomic E-state index is 0.234. The van der Waals surface area contributed by atoms with Gasteiger partial charge in [0.1, 0.15) is 10.7 Å². The Morgan fingerprint density at radius 1 is 1.53 bits per heavy atom. The molecule has 2 heterocycles. The Hall–Kier alpha value is -1.66. The number of nitrogens with one attached hydrogen (secondary N) is 1. The summed E-state index contributed by atoms with van der Waals surface area (Å²) in [6.07, 6.45) is 3.49. The molecule has 2 aromatic rings. The number of hydrogen-bond acceptors (Lipinski definition) is 4. The number of nitrogens with two attached hydrogens (primary N) is 1. The molecule has 2 rings (SSSR count). The minimum atomic E-state index is -0.234. The number of amides is 1. The van der Waals surface area contributed by atoms with Gasteiger partial charge in [-0.1, -0.05) is 0 Å². The van der Waals surface area contributed by atoms with Gasteiger partial charge in [0.15, 0.2) is 0 Å². The molecule has 0 fully saturated rings. The maximum absolute atomic E-state index is 11.6. The number of hydrogen-bond donors (Lipinski definition) is 2. The van der Waals surface area contributed by atoms with E-state index in [0.717, 1.165) is 5.01 Å². The van der Waals surface area contributed by atoms with Crippen LogP contribution in [0.2, 0.25) is 0 Å². The van der Waals surface area contributed by atoms with Crippen molar-refractivity contribution in [3.05, 3.63) is 40.6 Å². The van der Waals surface area contributed by atoms with Gasteiger partial charge in [-0.3, -0.25) is 14.9 Å². The van der Waals surface area contributed by atoms with Crippen LogP contribution in [0.3, 0.4) is 0 Å². The summed E-state index contributed by atoms with van der Waals surface area (Å²) in [5.41, 5.74) is 8.46. The van der Waals surface area contributed by atoms with Crippen molar-refractivity contribution in [1.82, 2.24) is 9.66 Å². The number of nitrogens with zero attached hydrogens (tertiary/aromatic N) is 2. The molecule has 0 radical (unpaired) electrons. The van der Waals surface area contributed by atoms with Crippen LogP contribution in [0.1, 0.15) is 15.5 Å². The molecule has 78 valence electrons. The van der Waals surface area contributed by atoms with Crippen molar-refractivity contribution >= 4 is 17.2 Å². The van der Waals surface area contributed by atoms with E-state index in [2.05, 4.69) is 10.4 Å². The molecular formula is C9H10N4OS. The SMILES string of the molecule is NCc1nc(C(=O)Nn2cccc2)cs1. The van der Waals surface area contributed by atoms with Gasteiger partial charge in [-0.15, -0.1) is 11.3 Å². The van der Waals surface area contributed by atoms with Gasteiger partial charge in [-0.25, -0.2) is 4.98 Å². The van der Waals surface area contributed by atoms with Crippen LogP contribution in [-0.4, -0.2) is 15.6 Å². The third-order valence-corrected chi connectivity index (χ3v) is 2.67. The third-order valence-electron chi connectivity index (χ3n) is 1.79. The van der Waals surface area contributed by atoms with E-state index in [4.69, 9.17) is 5.73 Å². The minimum Gasteiger partial charge on any atom is -0.325 e. The Kier molecular flexibility index (Phi) is 2.79. The summed E-state index contributed by atoms with van der Waals surface area (Å²) in [5, 5.41) is 2.45. The van der Waals surface area contributed by atoms with Crippen LogP contribution in [0.4, 0.5) is 0 Å². The molecule has 0 aliphatic carbocycles. The summed E-state index contributed by atoms with van der Waals surface area (Å²) in [7, 11) is 0. The first-order valence-electron chi connectivity index (χ1n) is 4.38. The van der Waals surface area contributed by atoms with Crippen molar-refractivity contribution in [3.63, 3.8) is 0 Å². The highest BCUT2D eigenvalue weighted by molar-refractivity contribution is 7.09. The van der Waals surface area contributed by atoms with Crippen LogP contribution in [0.5, 0.6) is 0 Å². The zero-order valence-electron chi connectivity index (χ0n) is 7.88. The van der Waals surface area contributed by atoms with E-state index in [9.17, 15) is 4.79 Å². The van der Waals surface area contributed by atoms with Crippen LogP contribution < -0.4 is 11.2 Å². The normalized spacial score (nSPS) is 10.2. The first kappa shape index (κ1) is 9.88. The predicted molar refractivity (Wildman–Crippen MR) is 58.1 cm³/mol. The number of thiazole rings is 1. The van der Waals surface area contributed by atoms with Gasteiger partial charge in [-0.2, -0.15) is 0 Å². The fourth-order valence-corrected chi connectivity index (χ4v) is 1.75. The fourth-order valence-electron chi connectivity index (χ4n) is 1.09. The van der Waals surface area contributed by atoms with Gasteiger partial charge in [0, 0.05) is 24.3 Å². The highest BCUT2D eigenvalue weighted by Crippen LogP contribution is 2.08. The van der Waals surface area contributed by atoms with Crippen molar-refractivity contribution < 1.29 is 4.79 Å². The molecule has 0 spiro atoms. The smallest absolute Gasteiger partial charge is 0.289 e. The molecule has 0 aliphatic heterocycles. The molecule has 1 amide bonds. The van der Waals surface area contributed by atoms with E-state index >= 15 is 0 Å². The standard InChI is InChI=1S/C9H10N4OS/c10-5-8-11-7(6-15-8)9(14)12-13-3-1-2-4-13/h1-4,6H,5,10H2,(H,12,14). The average molecular weight is 222 g/mol. The summed E-state index contributed by atoms with van der Waals surface area (Å²) >= 11 is 1.38. The molecule has 0 saturated heterocycles. The lowest BCUT2D eigenvalue weighted by Crippen LogP contribution is -2.21. The van der Waals surface area contributed by atoms with E-state index in [1.807, 2.05) is 12.1 Å². The number of aromatic nitrogens is 2. The molecule has 2 aromatic heterocycles. The third kappa shape index (κ3) is 2.23. The Balaban J connectivity index is 2.08. The Labute approximate surface area is 90.5 Å². The topological polar surface area (TPSA) is 72.9 Å². The second-order valence-electron chi connectivity index (χ2n) is 2.86. The predicted octanol–water partition coefficient (Wildman–Crippen LogP) is 0.787. The zero-order valence-corrected chi connectivity index (χ0v) is 8.70. The molecule has 0 aliphatic rings. The van der Waals surface area contributed by atoms with Crippen LogP contribution in [0, 0.1) is 0 Å². The molecule has 0 atom stereocenters. The van der Waals surface area contributed by atoms with E-state index in [-0.39, 0.29) is 5.91 Å². The molecule has 0 unspecified atom stereocenters. The Morgan fingerprint density at radius 2 is 2.27 bits per heavy atom. The van der Waals surface area contributed by atoms with Gasteiger partial charge in [0.2, 0.25) is 0 Å². The lowest BCUT2D eigenvalue weighted by atomic mass is 10.5. The maximum atomic E-state index is 11.6. The van der Waals surface area contributed by atoms with Gasteiger partial charge in [0.05, 0.1) is 0 Å². The fraction of sp³-hybridized carbons (Fsp3) is 0.111. The molecule has 3 N–H and O–H groups in total. The van der Waals surface area contributed by atoms with Gasteiger partial charge >= 0.3 is 0 Å². The largest absolute Gasteiger partial charge is 0.325 e. The monoisotopic (exact) mass is 222 g/mol. The van der Waals surface area contributed by atoms with Crippen molar-refractivity contribution in [2.45, 2.75) is 6.54 Å². The second-order valence-corrected chi connectivity index (χ2v) is 3.80. The molecule has 6 heteroatoms. The lowest BCUT2D eigenvalue weighted by molar-refractivity contribution is 0.100. The molecular weight excluding hydrogens is 212 g/mol. The Morgan fingerprint density at radius 3 is 2.87 bits per heavy atom. The first-order chi connectivity index (χ1) is 7.29. The summed E-state index contributed by atoms with van der Waals surface area (Å²) in [6, 6.07) is 3.65. The van der Waals surface area contributed by atoms with Crippen molar-refractivity contribution in [2.24, 2.45) is 5.73 Å². The van der Waals surface area contributed by atoms with E-state index in [0.29, 0.717) is 12.2 Å². The van der Waals surface area contributed by atoms with Crippen molar-refractivity contribution in [2.75, 3.05) is 5.43 Å². The van der Waals surface area contributed by atoms with E-state index < -0.39 is 0 Å². The number of carbonyl (C=O) groups is 1. The van der Waals surface area contributed by atoms with Gasteiger partial charge in [-0.05, 0) is 12.1 Å². The van der Waals surface area contributed by atoms with Crippen LogP contribution in [-0.2, 0) is 6.54 Å². The molecule has 0 saturated carbocycles. The second kappa shape index (κ2) is 4.24. The van der Waals surface area contributed by atoms with E-state index in [1.54, 1.807) is 22.4 Å². The van der Waals surface area contributed by atoms with Crippen LogP contribution >= 0.6 is 11.3 Å². The zero-order chi connectivity index (χ0) is 10.7. The Bertz CT molecular complexity index is 448. The lowest BCUT2D eigenvalue weighted by Gasteiger charge is -2.02. The highest BCUT2D eigenvalue weighted by atomic mass is 32.1. The van der Waals surface area contributed by atoms with Crippen LogP contribution in [0.25, 0.3) is 0 Å². The summed E-state index contributed by atoms with van der Waals surface area (Å²) in [6.45, 7) is 0.363. The molecule has 0 bridgehead atoms. The van der Waals surface area contributed by atoms with Crippen LogP contribution in [0.15, 0.2) is 29.9 Å². The van der Waals surface area contributed by atoms with E-state index in [1.165, 1.54) is 11.3 Å². The summed E-state index contributed by atoms with van der Waals surface area (Å²) < 4.78 is 1.57. The van der Waals surface area contributed by atoms with Gasteiger partial charge < -0.3 is 5.73 Å². The van der Waals surface area contributed by atoms with Crippen molar-refractivity contribution in [3.8, 4) is 0 Å². The molecule has 0 aromatic carbocycles. The molecule has 15 heavy (non-hydrogen) atoms. The number of carbonyl (C=O) groups excluding carboxylic acids is 1. The quantitative estimate of drug-likeness (QED) is 0.806. The van der Waals surface area contributed by atoms with Crippen molar-refractivity contribution in [1.29, 1.82) is 0 Å². The summed E-state index contributed by atoms with van der Waals surface area (Å²) in [5.74, 6) is -0.234. The average Bonchev–Trinajstić information content (AvgIpc) is 2.86. The van der Waals surface area contributed by atoms with Gasteiger partial charge in [0.25, 0.3) is 5.91 Å². The first-order valence-corrected chi connectivity index (χ1v) is 5.26.